The number of hydrogen-bond acceptors (Lipinski definition) is 2. The molecule has 3 fully saturated rings. The fourth-order valence-electron chi connectivity index (χ4n) is 5.91. The molecule has 8 heteroatoms. The van der Waals surface area contributed by atoms with Gasteiger partial charge in [0.05, 0.1) is 0 Å². The van der Waals surface area contributed by atoms with E-state index in [1.807, 2.05) is 0 Å². The van der Waals surface area contributed by atoms with Gasteiger partial charge in [0.25, 0.3) is 0 Å². The van der Waals surface area contributed by atoms with Crippen molar-refractivity contribution in [3.8, 4) is 0 Å². The molecule has 0 unspecified atom stereocenters. The summed E-state index contributed by atoms with van der Waals surface area (Å²) in [6.07, 6.45) is 23.6. The van der Waals surface area contributed by atoms with Crippen LogP contribution in [0.15, 0.2) is 30.3 Å². The van der Waals surface area contributed by atoms with Crippen molar-refractivity contribution in [1.29, 1.82) is 0 Å². The zero-order valence-electron chi connectivity index (χ0n) is 20.6. The Balaban J connectivity index is 0.000000199. The predicted molar refractivity (Wildman–Crippen MR) is 147 cm³/mol. The third kappa shape index (κ3) is 7.83. The average molecular weight is 633 g/mol. The summed E-state index contributed by atoms with van der Waals surface area (Å²) in [5.41, 5.74) is 3.95. The summed E-state index contributed by atoms with van der Waals surface area (Å²) in [5.74, 6) is 0. The predicted octanol–water partition coefficient (Wildman–Crippen LogP) is 9.66. The molecule has 0 spiro atoms. The van der Waals surface area contributed by atoms with Crippen molar-refractivity contribution in [2.45, 2.75) is 113 Å². The molecule has 35 heavy (non-hydrogen) atoms. The molecule has 0 aliphatic heterocycles. The fraction of sp³-hybridized carbons (Fsp3) is 0.667. The maximum atomic E-state index is 11.0. The van der Waals surface area contributed by atoms with E-state index in [2.05, 4.69) is 0 Å². The van der Waals surface area contributed by atoms with Crippen LogP contribution < -0.4 is 0 Å². The first-order valence-corrected chi connectivity index (χ1v) is 21.9. The quantitative estimate of drug-likeness (QED) is 0.242. The van der Waals surface area contributed by atoms with E-state index in [4.69, 9.17) is 29.6 Å². The molecule has 3 aliphatic carbocycles. The van der Waals surface area contributed by atoms with E-state index in [-0.39, 0.29) is 0 Å². The molecule has 0 aromatic heterocycles. The van der Waals surface area contributed by atoms with Crippen LogP contribution in [0.1, 0.15) is 102 Å². The molecule has 0 heterocycles. The van der Waals surface area contributed by atoms with Crippen molar-refractivity contribution >= 4 is 41.0 Å². The second kappa shape index (κ2) is 13.5. The molecular formula is C27H41Cl2O4PRu. The van der Waals surface area contributed by atoms with Crippen molar-refractivity contribution in [2.75, 3.05) is 0 Å². The van der Waals surface area contributed by atoms with Gasteiger partial charge in [-0.3, -0.25) is 0 Å². The molecule has 2 N–H and O–H groups in total. The van der Waals surface area contributed by atoms with Crippen LogP contribution in [0.4, 0.5) is 9.59 Å². The first-order valence-electron chi connectivity index (χ1n) is 13.1. The molecule has 1 aromatic rings. The van der Waals surface area contributed by atoms with Crippen molar-refractivity contribution < 1.29 is 31.0 Å². The third-order valence-electron chi connectivity index (χ3n) is 7.64. The van der Waals surface area contributed by atoms with E-state index in [0.29, 0.717) is 13.5 Å². The Bertz CT molecular complexity index is 836. The van der Waals surface area contributed by atoms with Gasteiger partial charge in [-0.1, -0.05) is 65.7 Å². The number of halogens is 2. The number of carboxylic acid groups (broad SMARTS) is 2. The number of carbonyl (C=O) groups is 2. The molecular weight excluding hydrogens is 591 g/mol. The van der Waals surface area contributed by atoms with Crippen molar-refractivity contribution in [3.05, 3.63) is 35.9 Å². The van der Waals surface area contributed by atoms with Crippen LogP contribution >= 0.6 is 27.3 Å². The van der Waals surface area contributed by atoms with Gasteiger partial charge < -0.3 is 0 Å². The zero-order valence-corrected chi connectivity index (χ0v) is 24.7. The summed E-state index contributed by atoms with van der Waals surface area (Å²) in [4.78, 5) is 22.0. The van der Waals surface area contributed by atoms with Crippen molar-refractivity contribution in [2.24, 2.45) is 0 Å². The Morgan fingerprint density at radius 3 is 1.34 bits per heavy atom. The molecule has 0 radical (unpaired) electrons. The van der Waals surface area contributed by atoms with Gasteiger partial charge in [0.15, 0.2) is 0 Å². The number of benzene rings is 1. The summed E-state index contributed by atoms with van der Waals surface area (Å²) in [5, 5.41) is 17.9. The van der Waals surface area contributed by atoms with Gasteiger partial charge in [0.2, 0.25) is 0 Å². The molecule has 0 amide bonds. The van der Waals surface area contributed by atoms with Crippen molar-refractivity contribution in [3.63, 3.8) is 0 Å². The fourth-order valence-corrected chi connectivity index (χ4v) is 13.7. The topological polar surface area (TPSA) is 74.6 Å². The Hall–Kier alpha value is -0.337. The summed E-state index contributed by atoms with van der Waals surface area (Å²) in [7, 11) is 11.8. The molecule has 4 nitrogen and oxygen atoms in total. The Kier molecular flexibility index (Phi) is 11.2. The summed E-state index contributed by atoms with van der Waals surface area (Å²) >= 11 is -5.54. The van der Waals surface area contributed by atoms with E-state index in [1.165, 1.54) is 48.4 Å². The summed E-state index contributed by atoms with van der Waals surface area (Å²) in [6.45, 7) is 0. The first-order chi connectivity index (χ1) is 16.7. The number of rotatable bonds is 6. The van der Waals surface area contributed by atoms with Crippen LogP contribution in [0, 0.1) is 0 Å². The van der Waals surface area contributed by atoms with E-state index < -0.39 is 20.3 Å². The molecule has 0 atom stereocenters. The van der Waals surface area contributed by atoms with Crippen LogP contribution in [0.2, 0.25) is 0 Å². The Morgan fingerprint density at radius 1 is 0.686 bits per heavy atom. The zero-order chi connectivity index (χ0) is 25.3. The van der Waals surface area contributed by atoms with Gasteiger partial charge in [0, 0.05) is 0 Å². The van der Waals surface area contributed by atoms with Crippen LogP contribution in [-0.4, -0.2) is 40.9 Å². The van der Waals surface area contributed by atoms with E-state index in [1.54, 1.807) is 95.2 Å². The molecule has 0 saturated heterocycles. The molecule has 3 aliphatic rings. The minimum absolute atomic E-state index is 0.377. The van der Waals surface area contributed by atoms with Crippen LogP contribution in [-0.2, 0) is 11.2 Å². The van der Waals surface area contributed by atoms with Crippen molar-refractivity contribution in [1.82, 2.24) is 0 Å². The maximum absolute atomic E-state index is 11.0. The molecule has 0 bridgehead atoms. The normalized spacial score (nSPS) is 21.9. The summed E-state index contributed by atoms with van der Waals surface area (Å²) < 4.78 is -2.42. The van der Waals surface area contributed by atoms with Crippen LogP contribution in [0.3, 0.4) is 0 Å². The molecule has 4 rings (SSSR count). The molecule has 3 saturated carbocycles. The second-order valence-corrected chi connectivity index (χ2v) is 26.3. The Morgan fingerprint density at radius 2 is 1.03 bits per heavy atom. The Labute approximate surface area is 220 Å². The van der Waals surface area contributed by atoms with Gasteiger partial charge in [-0.2, -0.15) is 0 Å². The van der Waals surface area contributed by atoms with Gasteiger partial charge in [-0.05, 0) is 55.5 Å². The first kappa shape index (κ1) is 29.2. The van der Waals surface area contributed by atoms with Gasteiger partial charge in [0.1, 0.15) is 0 Å². The molecule has 1 aromatic carbocycles. The van der Waals surface area contributed by atoms with Gasteiger partial charge >= 0.3 is 100.0 Å². The second-order valence-electron chi connectivity index (χ2n) is 10.1. The van der Waals surface area contributed by atoms with Gasteiger partial charge in [-0.15, -0.1) is 0 Å². The number of hydrogen-bond donors (Lipinski definition) is 2. The van der Waals surface area contributed by atoms with E-state index in [9.17, 15) is 9.59 Å². The minimum atomic E-state index is -5.54. The molecule has 200 valence electrons. The third-order valence-corrected chi connectivity index (χ3v) is 19.5. The van der Waals surface area contributed by atoms with E-state index >= 15 is 0 Å². The van der Waals surface area contributed by atoms with Crippen LogP contribution in [0.5, 0.6) is 0 Å². The monoisotopic (exact) mass is 632 g/mol. The SMILES string of the molecule is C1CCC(P(C2CCCCC2)C2CCCCC2)CC1.O=[C](O)[Ru]([Cl])([Cl])(=[CH]c1ccccc1)[C](=O)O. The van der Waals surface area contributed by atoms with Crippen LogP contribution in [0.25, 0.3) is 0 Å². The van der Waals surface area contributed by atoms with E-state index in [0.717, 1.165) is 4.61 Å². The standard InChI is InChI=1S/C18H33P.C7H6.2CHO2.2ClH.Ru/c1-4-10-16(11-5-1)19(17-12-6-2-7-13-17)18-14-8-3-9-15-18;1-7-5-3-2-4-6-7;2*2-1-3;;;/h16-18H,1-15H2;1-6H;2*(H,2,3);2*1H;/q;;;;;;+2/p-2. The van der Waals surface area contributed by atoms with Gasteiger partial charge in [-0.25, -0.2) is 0 Å². The summed E-state index contributed by atoms with van der Waals surface area (Å²) in [6, 6.07) is 8.05. The average Bonchev–Trinajstić information content (AvgIpc) is 2.87.